The van der Waals surface area contributed by atoms with Crippen LogP contribution in [-0.4, -0.2) is 38.5 Å². The highest BCUT2D eigenvalue weighted by Gasteiger charge is 2.33. The van der Waals surface area contributed by atoms with E-state index < -0.39 is 10.0 Å². The molecule has 1 fully saturated rings. The molecule has 0 aromatic heterocycles. The fraction of sp³-hybridized carbons (Fsp3) is 0.417. The maximum absolute atomic E-state index is 12.6. The maximum Gasteiger partial charge on any atom is 0.244 e. The third kappa shape index (κ3) is 2.56. The molecule has 1 atom stereocenters. The summed E-state index contributed by atoms with van der Waals surface area (Å²) in [5, 5.41) is 9.06. The third-order valence-corrected chi connectivity index (χ3v) is 5.09. The molecule has 102 valence electrons. The highest BCUT2D eigenvalue weighted by molar-refractivity contribution is 7.89. The topological polar surface area (TPSA) is 96.4 Å². The zero-order chi connectivity index (χ0) is 14.0. The normalized spacial score (nSPS) is 20.9. The van der Waals surface area contributed by atoms with E-state index >= 15 is 0 Å². The Kier molecular flexibility index (Phi) is 3.75. The number of hydrogen-bond acceptors (Lipinski definition) is 5. The zero-order valence-corrected chi connectivity index (χ0v) is 11.4. The Morgan fingerprint density at radius 3 is 2.89 bits per heavy atom. The van der Waals surface area contributed by atoms with E-state index in [0.717, 1.165) is 0 Å². The van der Waals surface area contributed by atoms with Crippen molar-refractivity contribution in [3.63, 3.8) is 0 Å². The summed E-state index contributed by atoms with van der Waals surface area (Å²) in [6.45, 7) is 2.79. The van der Waals surface area contributed by atoms with Crippen molar-refractivity contribution in [2.24, 2.45) is 0 Å². The third-order valence-electron chi connectivity index (χ3n) is 3.02. The van der Waals surface area contributed by atoms with Crippen molar-refractivity contribution < 1.29 is 13.2 Å². The van der Waals surface area contributed by atoms with Gasteiger partial charge in [-0.15, -0.1) is 0 Å². The number of ether oxygens (including phenoxy) is 1. The van der Waals surface area contributed by atoms with Gasteiger partial charge >= 0.3 is 0 Å². The van der Waals surface area contributed by atoms with Gasteiger partial charge < -0.3 is 10.5 Å². The molecule has 2 N–H and O–H groups in total. The van der Waals surface area contributed by atoms with Crippen LogP contribution in [-0.2, 0) is 14.8 Å². The minimum absolute atomic E-state index is 0.00190. The maximum atomic E-state index is 12.6. The number of benzene rings is 1. The zero-order valence-electron chi connectivity index (χ0n) is 10.5. The van der Waals surface area contributed by atoms with E-state index in [-0.39, 0.29) is 16.5 Å². The molecular weight excluding hydrogens is 266 g/mol. The minimum Gasteiger partial charge on any atom is -0.399 e. The Morgan fingerprint density at radius 1 is 1.53 bits per heavy atom. The van der Waals surface area contributed by atoms with Crippen molar-refractivity contribution in [3.8, 4) is 6.07 Å². The van der Waals surface area contributed by atoms with E-state index in [1.807, 2.05) is 6.07 Å². The first kappa shape index (κ1) is 13.8. The quantitative estimate of drug-likeness (QED) is 0.798. The van der Waals surface area contributed by atoms with Gasteiger partial charge in [-0.25, -0.2) is 8.42 Å². The van der Waals surface area contributed by atoms with Crippen LogP contribution in [0.5, 0.6) is 0 Å². The van der Waals surface area contributed by atoms with E-state index in [1.54, 1.807) is 6.92 Å². The summed E-state index contributed by atoms with van der Waals surface area (Å²) < 4.78 is 31.7. The lowest BCUT2D eigenvalue weighted by molar-refractivity contribution is 0.0392. The molecule has 1 heterocycles. The number of nitrogens with two attached hydrogens (primary N) is 1. The van der Waals surface area contributed by atoms with E-state index in [2.05, 4.69) is 0 Å². The summed E-state index contributed by atoms with van der Waals surface area (Å²) in [6.07, 6.45) is 0. The molecule has 1 aliphatic rings. The van der Waals surface area contributed by atoms with Crippen LogP contribution in [0.2, 0.25) is 0 Å². The fourth-order valence-corrected chi connectivity index (χ4v) is 3.78. The second kappa shape index (κ2) is 5.17. The summed E-state index contributed by atoms with van der Waals surface area (Å²) in [5.74, 6) is 0. The number of anilines is 1. The van der Waals surface area contributed by atoms with Crippen LogP contribution in [0, 0.1) is 11.3 Å². The number of morpholine rings is 1. The van der Waals surface area contributed by atoms with Gasteiger partial charge in [-0.1, -0.05) is 0 Å². The fourth-order valence-electron chi connectivity index (χ4n) is 2.06. The molecule has 1 aromatic carbocycles. The van der Waals surface area contributed by atoms with Crippen molar-refractivity contribution in [1.82, 2.24) is 4.31 Å². The first-order valence-corrected chi connectivity index (χ1v) is 7.30. The molecule has 0 spiro atoms. The van der Waals surface area contributed by atoms with Crippen LogP contribution in [0.25, 0.3) is 0 Å². The molecule has 1 saturated heterocycles. The molecule has 0 aliphatic carbocycles. The lowest BCUT2D eigenvalue weighted by atomic mass is 10.2. The number of nitrogens with zero attached hydrogens (tertiary/aromatic N) is 2. The molecule has 6 nitrogen and oxygen atoms in total. The molecule has 19 heavy (non-hydrogen) atoms. The summed E-state index contributed by atoms with van der Waals surface area (Å²) in [4.78, 5) is -0.00190. The molecule has 2 rings (SSSR count). The van der Waals surface area contributed by atoms with Crippen molar-refractivity contribution >= 4 is 15.7 Å². The van der Waals surface area contributed by atoms with Gasteiger partial charge in [0.1, 0.15) is 11.0 Å². The second-order valence-electron chi connectivity index (χ2n) is 4.41. The van der Waals surface area contributed by atoms with Gasteiger partial charge in [0.05, 0.1) is 18.8 Å². The minimum atomic E-state index is -3.70. The Balaban J connectivity index is 2.48. The number of sulfonamides is 1. The Labute approximate surface area is 112 Å². The van der Waals surface area contributed by atoms with E-state index in [9.17, 15) is 8.42 Å². The predicted octanol–water partition coefficient (Wildman–Crippen LogP) is 0.550. The van der Waals surface area contributed by atoms with E-state index in [1.165, 1.54) is 22.5 Å². The number of hydrogen-bond donors (Lipinski definition) is 1. The van der Waals surface area contributed by atoms with E-state index in [4.69, 9.17) is 15.7 Å². The van der Waals surface area contributed by atoms with Gasteiger partial charge in [0.2, 0.25) is 10.0 Å². The van der Waals surface area contributed by atoms with Gasteiger partial charge in [-0.05, 0) is 25.1 Å². The molecular formula is C12H15N3O3S. The van der Waals surface area contributed by atoms with Crippen LogP contribution in [0.4, 0.5) is 5.69 Å². The molecule has 7 heteroatoms. The Bertz CT molecular complexity index is 622. The molecule has 1 aromatic rings. The first-order valence-electron chi connectivity index (χ1n) is 5.86. The predicted molar refractivity (Wildman–Crippen MR) is 69.7 cm³/mol. The van der Waals surface area contributed by atoms with Crippen LogP contribution in [0.3, 0.4) is 0 Å². The number of rotatable bonds is 2. The average molecular weight is 281 g/mol. The van der Waals surface area contributed by atoms with Crippen molar-refractivity contribution in [2.75, 3.05) is 25.5 Å². The summed E-state index contributed by atoms with van der Waals surface area (Å²) in [5.41, 5.74) is 6.01. The SMILES string of the molecule is C[C@@H]1COCCN1S(=O)(=O)c1ccc(N)cc1C#N. The molecule has 0 unspecified atom stereocenters. The van der Waals surface area contributed by atoms with Gasteiger partial charge in [0.25, 0.3) is 0 Å². The Hall–Kier alpha value is -1.62. The Morgan fingerprint density at radius 2 is 2.26 bits per heavy atom. The summed E-state index contributed by atoms with van der Waals surface area (Å²) >= 11 is 0. The van der Waals surface area contributed by atoms with Gasteiger partial charge in [-0.2, -0.15) is 9.57 Å². The first-order chi connectivity index (χ1) is 8.96. The largest absolute Gasteiger partial charge is 0.399 e. The molecule has 0 radical (unpaired) electrons. The second-order valence-corrected chi connectivity index (χ2v) is 6.27. The molecule has 0 amide bonds. The van der Waals surface area contributed by atoms with E-state index in [0.29, 0.717) is 25.4 Å². The standard InChI is InChI=1S/C12H15N3O3S/c1-9-8-18-5-4-15(9)19(16,17)12-3-2-11(14)6-10(12)7-13/h2-3,6,9H,4-5,8,14H2,1H3/t9-/m1/s1. The van der Waals surface area contributed by atoms with Crippen molar-refractivity contribution in [1.29, 1.82) is 5.26 Å². The van der Waals surface area contributed by atoms with Gasteiger partial charge in [-0.3, -0.25) is 0 Å². The average Bonchev–Trinajstić information content (AvgIpc) is 2.38. The highest BCUT2D eigenvalue weighted by Crippen LogP contribution is 2.24. The van der Waals surface area contributed by atoms with Crippen molar-refractivity contribution in [2.45, 2.75) is 17.9 Å². The van der Waals surface area contributed by atoms with Crippen LogP contribution < -0.4 is 5.73 Å². The lowest BCUT2D eigenvalue weighted by Gasteiger charge is -2.32. The number of nitriles is 1. The summed E-state index contributed by atoms with van der Waals surface area (Å²) in [6, 6.07) is 5.87. The molecule has 1 aliphatic heterocycles. The molecule has 0 bridgehead atoms. The highest BCUT2D eigenvalue weighted by atomic mass is 32.2. The van der Waals surface area contributed by atoms with Gasteiger partial charge in [0, 0.05) is 18.3 Å². The lowest BCUT2D eigenvalue weighted by Crippen LogP contribution is -2.47. The van der Waals surface area contributed by atoms with Crippen LogP contribution >= 0.6 is 0 Å². The van der Waals surface area contributed by atoms with Crippen molar-refractivity contribution in [3.05, 3.63) is 23.8 Å². The monoisotopic (exact) mass is 281 g/mol. The smallest absolute Gasteiger partial charge is 0.244 e. The summed E-state index contributed by atoms with van der Waals surface area (Å²) in [7, 11) is -3.70. The molecule has 0 saturated carbocycles. The number of nitrogen functional groups attached to an aromatic ring is 1. The van der Waals surface area contributed by atoms with Crippen LogP contribution in [0.1, 0.15) is 12.5 Å². The van der Waals surface area contributed by atoms with Gasteiger partial charge in [0.15, 0.2) is 0 Å². The van der Waals surface area contributed by atoms with Crippen LogP contribution in [0.15, 0.2) is 23.1 Å².